The van der Waals surface area contributed by atoms with Gasteiger partial charge in [0.2, 0.25) is 5.91 Å². The summed E-state index contributed by atoms with van der Waals surface area (Å²) < 4.78 is 2.10. The number of hydrogen-bond acceptors (Lipinski definition) is 3. The highest BCUT2D eigenvalue weighted by Crippen LogP contribution is 2.29. The minimum absolute atomic E-state index is 0.133. The molecule has 0 bridgehead atoms. The van der Waals surface area contributed by atoms with E-state index in [1.807, 2.05) is 6.92 Å². The largest absolute Gasteiger partial charge is 0.348 e. The maximum atomic E-state index is 12.5. The van der Waals surface area contributed by atoms with Crippen LogP contribution in [0.3, 0.4) is 0 Å². The third-order valence-electron chi connectivity index (χ3n) is 5.40. The molecular weight excluding hydrogens is 312 g/mol. The van der Waals surface area contributed by atoms with Crippen molar-refractivity contribution in [3.63, 3.8) is 0 Å². The molecule has 1 aliphatic carbocycles. The lowest BCUT2D eigenvalue weighted by Crippen LogP contribution is -2.52. The van der Waals surface area contributed by atoms with Crippen LogP contribution in [0.25, 0.3) is 0 Å². The first-order chi connectivity index (χ1) is 12.1. The number of carbonyl (C=O) groups excluding carboxylic acids is 1. The first kappa shape index (κ1) is 16.3. The fourth-order valence-corrected chi connectivity index (χ4v) is 4.19. The van der Waals surface area contributed by atoms with Crippen LogP contribution in [0.1, 0.15) is 47.4 Å². The second-order valence-electron chi connectivity index (χ2n) is 7.43. The molecule has 4 rings (SSSR count). The zero-order valence-electron chi connectivity index (χ0n) is 15.0. The summed E-state index contributed by atoms with van der Waals surface area (Å²) in [4.78, 5) is 14.7. The number of carbonyl (C=O) groups is 1. The Labute approximate surface area is 149 Å². The standard InChI is InChI=1S/C20H26N4O/c1-14-10-15(2)24(22-14)17-11-23(12-17)13-20(25)21-19-9-5-7-16-6-3-4-8-18(16)19/h3-4,6,8,10,17,19H,5,7,9,11-13H2,1-2H3,(H,21,25). The highest BCUT2D eigenvalue weighted by molar-refractivity contribution is 5.78. The van der Waals surface area contributed by atoms with E-state index in [0.29, 0.717) is 12.6 Å². The van der Waals surface area contributed by atoms with Gasteiger partial charge in [0.25, 0.3) is 0 Å². The van der Waals surface area contributed by atoms with Gasteiger partial charge in [-0.1, -0.05) is 24.3 Å². The van der Waals surface area contributed by atoms with E-state index in [2.05, 4.69) is 57.3 Å². The van der Waals surface area contributed by atoms with Crippen molar-refractivity contribution >= 4 is 5.91 Å². The van der Waals surface area contributed by atoms with E-state index in [9.17, 15) is 4.79 Å². The van der Waals surface area contributed by atoms with Gasteiger partial charge in [-0.2, -0.15) is 5.10 Å². The highest BCUT2D eigenvalue weighted by Gasteiger charge is 2.31. The summed E-state index contributed by atoms with van der Waals surface area (Å²) >= 11 is 0. The van der Waals surface area contributed by atoms with Crippen molar-refractivity contribution in [1.82, 2.24) is 20.0 Å². The van der Waals surface area contributed by atoms with Crippen LogP contribution in [-0.2, 0) is 11.2 Å². The van der Waals surface area contributed by atoms with Gasteiger partial charge in [0, 0.05) is 18.8 Å². The van der Waals surface area contributed by atoms with E-state index >= 15 is 0 Å². The minimum atomic E-state index is 0.133. The number of aryl methyl sites for hydroxylation is 3. The van der Waals surface area contributed by atoms with Crippen LogP contribution < -0.4 is 5.32 Å². The molecule has 1 saturated heterocycles. The van der Waals surface area contributed by atoms with Crippen molar-refractivity contribution in [3.8, 4) is 0 Å². The molecule has 1 aliphatic heterocycles. The number of amides is 1. The molecule has 1 aromatic carbocycles. The Hall–Kier alpha value is -2.14. The molecule has 0 saturated carbocycles. The number of nitrogens with one attached hydrogen (secondary N) is 1. The lowest BCUT2D eigenvalue weighted by atomic mass is 9.88. The Morgan fingerprint density at radius 2 is 2.08 bits per heavy atom. The number of aromatic nitrogens is 2. The van der Waals surface area contributed by atoms with Crippen molar-refractivity contribution in [1.29, 1.82) is 0 Å². The van der Waals surface area contributed by atoms with Gasteiger partial charge < -0.3 is 5.32 Å². The van der Waals surface area contributed by atoms with Gasteiger partial charge in [-0.15, -0.1) is 0 Å². The number of hydrogen-bond donors (Lipinski definition) is 1. The van der Waals surface area contributed by atoms with Crippen molar-refractivity contribution in [2.24, 2.45) is 0 Å². The molecule has 1 amide bonds. The van der Waals surface area contributed by atoms with E-state index in [0.717, 1.165) is 38.0 Å². The molecule has 2 aromatic rings. The zero-order valence-corrected chi connectivity index (χ0v) is 15.0. The lowest BCUT2D eigenvalue weighted by Gasteiger charge is -2.39. The zero-order chi connectivity index (χ0) is 17.4. The quantitative estimate of drug-likeness (QED) is 0.932. The molecule has 25 heavy (non-hydrogen) atoms. The smallest absolute Gasteiger partial charge is 0.234 e. The number of benzene rings is 1. The molecule has 1 N–H and O–H groups in total. The van der Waals surface area contributed by atoms with Crippen molar-refractivity contribution < 1.29 is 4.79 Å². The first-order valence-corrected chi connectivity index (χ1v) is 9.22. The van der Waals surface area contributed by atoms with Crippen LogP contribution in [-0.4, -0.2) is 40.2 Å². The van der Waals surface area contributed by atoms with Crippen LogP contribution in [0.4, 0.5) is 0 Å². The summed E-state index contributed by atoms with van der Waals surface area (Å²) in [6, 6.07) is 11.2. The van der Waals surface area contributed by atoms with Gasteiger partial charge in [0.05, 0.1) is 24.3 Å². The molecule has 1 atom stereocenters. The summed E-state index contributed by atoms with van der Waals surface area (Å²) in [5.41, 5.74) is 4.94. The van der Waals surface area contributed by atoms with Crippen LogP contribution >= 0.6 is 0 Å². The molecule has 1 unspecified atom stereocenters. The number of likely N-dealkylation sites (tertiary alicyclic amines) is 1. The third-order valence-corrected chi connectivity index (χ3v) is 5.40. The maximum absolute atomic E-state index is 12.5. The van der Waals surface area contributed by atoms with Gasteiger partial charge in [-0.3, -0.25) is 14.4 Å². The molecule has 2 aliphatic rings. The molecular formula is C20H26N4O. The van der Waals surface area contributed by atoms with Gasteiger partial charge >= 0.3 is 0 Å². The predicted molar refractivity (Wildman–Crippen MR) is 97.4 cm³/mol. The second-order valence-corrected chi connectivity index (χ2v) is 7.43. The summed E-state index contributed by atoms with van der Waals surface area (Å²) in [5, 5.41) is 7.80. The molecule has 5 heteroatoms. The second kappa shape index (κ2) is 6.64. The van der Waals surface area contributed by atoms with Crippen molar-refractivity contribution in [2.75, 3.05) is 19.6 Å². The molecule has 2 heterocycles. The Bertz CT molecular complexity index is 776. The summed E-state index contributed by atoms with van der Waals surface area (Å²) in [5.74, 6) is 0.133. The number of rotatable bonds is 4. The molecule has 1 fully saturated rings. The van der Waals surface area contributed by atoms with Gasteiger partial charge in [0.15, 0.2) is 0 Å². The summed E-state index contributed by atoms with van der Waals surface area (Å²) in [6.45, 7) is 6.40. The summed E-state index contributed by atoms with van der Waals surface area (Å²) in [7, 11) is 0. The summed E-state index contributed by atoms with van der Waals surface area (Å²) in [6.07, 6.45) is 3.31. The van der Waals surface area contributed by atoms with Crippen LogP contribution in [0, 0.1) is 13.8 Å². The fraction of sp³-hybridized carbons (Fsp3) is 0.500. The SMILES string of the molecule is Cc1cc(C)n(C2CN(CC(=O)NC3CCCc4ccccc43)C2)n1. The van der Waals surface area contributed by atoms with Gasteiger partial charge in [-0.25, -0.2) is 0 Å². The fourth-order valence-electron chi connectivity index (χ4n) is 4.19. The van der Waals surface area contributed by atoms with Crippen LogP contribution in [0.2, 0.25) is 0 Å². The Kier molecular flexibility index (Phi) is 4.34. The Balaban J connectivity index is 1.30. The molecule has 0 spiro atoms. The molecule has 5 nitrogen and oxygen atoms in total. The molecule has 132 valence electrons. The maximum Gasteiger partial charge on any atom is 0.234 e. The number of nitrogens with zero attached hydrogens (tertiary/aromatic N) is 3. The number of fused-ring (bicyclic) bond motifs is 1. The highest BCUT2D eigenvalue weighted by atomic mass is 16.2. The Morgan fingerprint density at radius 1 is 1.28 bits per heavy atom. The van der Waals surface area contributed by atoms with E-state index in [1.54, 1.807) is 0 Å². The van der Waals surface area contributed by atoms with Gasteiger partial charge in [-0.05, 0) is 50.3 Å². The average molecular weight is 338 g/mol. The lowest BCUT2D eigenvalue weighted by molar-refractivity contribution is -0.124. The molecule has 1 aromatic heterocycles. The van der Waals surface area contributed by atoms with Crippen LogP contribution in [0.5, 0.6) is 0 Å². The minimum Gasteiger partial charge on any atom is -0.348 e. The first-order valence-electron chi connectivity index (χ1n) is 9.22. The van der Waals surface area contributed by atoms with E-state index < -0.39 is 0 Å². The van der Waals surface area contributed by atoms with E-state index in [1.165, 1.54) is 16.8 Å². The molecule has 0 radical (unpaired) electrons. The van der Waals surface area contributed by atoms with Crippen LogP contribution in [0.15, 0.2) is 30.3 Å². The van der Waals surface area contributed by atoms with Crippen molar-refractivity contribution in [3.05, 3.63) is 52.8 Å². The van der Waals surface area contributed by atoms with Gasteiger partial charge in [0.1, 0.15) is 0 Å². The van der Waals surface area contributed by atoms with E-state index in [4.69, 9.17) is 0 Å². The van der Waals surface area contributed by atoms with E-state index in [-0.39, 0.29) is 11.9 Å². The average Bonchev–Trinajstić information content (AvgIpc) is 2.89. The van der Waals surface area contributed by atoms with Crippen molar-refractivity contribution in [2.45, 2.75) is 45.2 Å². The Morgan fingerprint density at radius 3 is 2.84 bits per heavy atom. The monoisotopic (exact) mass is 338 g/mol. The predicted octanol–water partition coefficient (Wildman–Crippen LogP) is 2.55. The third kappa shape index (κ3) is 3.33. The topological polar surface area (TPSA) is 50.2 Å². The normalized spacial score (nSPS) is 20.8.